The monoisotopic (exact) mass is 297 g/mol. The van der Waals surface area contributed by atoms with Gasteiger partial charge in [0.2, 0.25) is 0 Å². The predicted molar refractivity (Wildman–Crippen MR) is 88.6 cm³/mol. The molecule has 1 aliphatic rings. The van der Waals surface area contributed by atoms with Crippen molar-refractivity contribution in [1.29, 1.82) is 0 Å². The maximum absolute atomic E-state index is 11.6. The van der Waals surface area contributed by atoms with Crippen molar-refractivity contribution in [3.05, 3.63) is 47.8 Å². The molecule has 2 aromatic rings. The molecule has 1 saturated heterocycles. The Morgan fingerprint density at radius 1 is 1.27 bits per heavy atom. The molecule has 0 unspecified atom stereocenters. The van der Waals surface area contributed by atoms with Crippen LogP contribution in [0.15, 0.2) is 36.7 Å². The maximum atomic E-state index is 11.6. The molecular weight excluding hydrogens is 274 g/mol. The Morgan fingerprint density at radius 3 is 2.50 bits per heavy atom. The number of nitrogens with zero attached hydrogens (tertiary/aromatic N) is 3. The molecule has 1 aromatic heterocycles. The molecule has 1 fully saturated rings. The molecule has 1 aliphatic heterocycles. The number of Topliss-reactive ketones (excluding diaryl/α,β-unsaturated/α-hetero) is 1. The van der Waals surface area contributed by atoms with E-state index in [1.165, 1.54) is 11.3 Å². The van der Waals surface area contributed by atoms with E-state index in [-0.39, 0.29) is 5.78 Å². The van der Waals surface area contributed by atoms with E-state index in [0.29, 0.717) is 18.4 Å². The lowest BCUT2D eigenvalue weighted by atomic mass is 10.0. The molecule has 0 spiro atoms. The summed E-state index contributed by atoms with van der Waals surface area (Å²) in [6.45, 7) is 8.22. The second-order valence-corrected chi connectivity index (χ2v) is 6.29. The lowest BCUT2D eigenvalue weighted by Gasteiger charge is -2.41. The van der Waals surface area contributed by atoms with Gasteiger partial charge in [-0.3, -0.25) is 9.48 Å². The van der Waals surface area contributed by atoms with E-state index >= 15 is 0 Å². The van der Waals surface area contributed by atoms with Crippen molar-refractivity contribution in [2.24, 2.45) is 0 Å². The van der Waals surface area contributed by atoms with E-state index in [2.05, 4.69) is 34.7 Å². The lowest BCUT2D eigenvalue weighted by Crippen LogP contribution is -2.48. The van der Waals surface area contributed by atoms with E-state index in [0.717, 1.165) is 18.7 Å². The fourth-order valence-electron chi connectivity index (χ4n) is 2.75. The van der Waals surface area contributed by atoms with Crippen LogP contribution in [0.1, 0.15) is 55.1 Å². The molecule has 0 atom stereocenters. The van der Waals surface area contributed by atoms with Crippen molar-refractivity contribution in [3.63, 3.8) is 0 Å². The van der Waals surface area contributed by atoms with Crippen LogP contribution in [0.5, 0.6) is 0 Å². The third-order valence-electron chi connectivity index (χ3n) is 4.40. The molecule has 0 saturated carbocycles. The van der Waals surface area contributed by atoms with E-state index in [1.807, 2.05) is 37.4 Å². The van der Waals surface area contributed by atoms with Gasteiger partial charge in [0.1, 0.15) is 0 Å². The Bertz CT molecular complexity index is 651. The zero-order valence-electron chi connectivity index (χ0n) is 13.5. The highest BCUT2D eigenvalue weighted by Gasteiger charge is 2.29. The molecule has 0 radical (unpaired) electrons. The average Bonchev–Trinajstić information content (AvgIpc) is 2.95. The van der Waals surface area contributed by atoms with E-state index in [1.54, 1.807) is 0 Å². The summed E-state index contributed by atoms with van der Waals surface area (Å²) >= 11 is 0. The van der Waals surface area contributed by atoms with Gasteiger partial charge in [-0.1, -0.05) is 20.8 Å². The minimum absolute atomic E-state index is 0.200. The normalized spacial score (nSPS) is 15.2. The molecule has 0 aliphatic carbocycles. The number of carbonyl (C=O) groups excluding carboxylic acids is 1. The quantitative estimate of drug-likeness (QED) is 0.790. The smallest absolute Gasteiger partial charge is 0.162 e. The Labute approximate surface area is 131 Å². The van der Waals surface area contributed by atoms with Gasteiger partial charge in [0.15, 0.2) is 5.78 Å². The van der Waals surface area contributed by atoms with Gasteiger partial charge in [0, 0.05) is 37.0 Å². The first-order valence-corrected chi connectivity index (χ1v) is 8.00. The molecule has 1 aromatic carbocycles. The molecule has 0 amide bonds. The summed E-state index contributed by atoms with van der Waals surface area (Å²) in [5, 5.41) is 4.48. The lowest BCUT2D eigenvalue weighted by molar-refractivity contribution is 0.0988. The average molecular weight is 297 g/mol. The Hall–Kier alpha value is -2.10. The Balaban J connectivity index is 1.61. The van der Waals surface area contributed by atoms with Gasteiger partial charge in [-0.15, -0.1) is 0 Å². The number of rotatable bonds is 5. The van der Waals surface area contributed by atoms with Crippen LogP contribution in [0.25, 0.3) is 0 Å². The number of anilines is 1. The van der Waals surface area contributed by atoms with Gasteiger partial charge in [-0.25, -0.2) is 0 Å². The van der Waals surface area contributed by atoms with Crippen LogP contribution in [0.3, 0.4) is 0 Å². The van der Waals surface area contributed by atoms with Gasteiger partial charge in [0.05, 0.1) is 12.2 Å². The molecule has 4 heteroatoms. The second-order valence-electron chi connectivity index (χ2n) is 6.29. The molecule has 2 heterocycles. The van der Waals surface area contributed by atoms with Crippen molar-refractivity contribution in [2.75, 3.05) is 18.0 Å². The summed E-state index contributed by atoms with van der Waals surface area (Å²) in [6, 6.07) is 8.40. The fourth-order valence-corrected chi connectivity index (χ4v) is 2.75. The fraction of sp³-hybridized carbons (Fsp3) is 0.444. The van der Waals surface area contributed by atoms with Crippen LogP contribution in [-0.2, 0) is 0 Å². The molecule has 0 bridgehead atoms. The van der Waals surface area contributed by atoms with Crippen molar-refractivity contribution >= 4 is 11.5 Å². The SMILES string of the molecule is CCC(=O)c1ccc(N2CC(n3cc(C(C)C)cn3)C2)cc1. The van der Waals surface area contributed by atoms with Crippen LogP contribution < -0.4 is 4.90 Å². The zero-order valence-corrected chi connectivity index (χ0v) is 13.5. The number of hydrogen-bond acceptors (Lipinski definition) is 3. The molecule has 116 valence electrons. The maximum Gasteiger partial charge on any atom is 0.162 e. The van der Waals surface area contributed by atoms with Crippen molar-refractivity contribution in [1.82, 2.24) is 9.78 Å². The number of hydrogen-bond donors (Lipinski definition) is 0. The molecular formula is C18H23N3O. The summed E-state index contributed by atoms with van der Waals surface area (Å²) in [5.74, 6) is 0.722. The number of aromatic nitrogens is 2. The van der Waals surface area contributed by atoms with Crippen LogP contribution in [0, 0.1) is 0 Å². The van der Waals surface area contributed by atoms with Gasteiger partial charge in [0.25, 0.3) is 0 Å². The number of benzene rings is 1. The third-order valence-corrected chi connectivity index (χ3v) is 4.40. The van der Waals surface area contributed by atoms with Gasteiger partial charge >= 0.3 is 0 Å². The topological polar surface area (TPSA) is 38.1 Å². The molecule has 22 heavy (non-hydrogen) atoms. The van der Waals surface area contributed by atoms with Crippen LogP contribution in [0.4, 0.5) is 5.69 Å². The Morgan fingerprint density at radius 2 is 1.95 bits per heavy atom. The third kappa shape index (κ3) is 2.78. The minimum Gasteiger partial charge on any atom is -0.367 e. The van der Waals surface area contributed by atoms with Gasteiger partial charge in [-0.05, 0) is 35.7 Å². The van der Waals surface area contributed by atoms with Crippen LogP contribution >= 0.6 is 0 Å². The highest BCUT2D eigenvalue weighted by atomic mass is 16.1. The standard InChI is InChI=1S/C18H23N3O/c1-4-18(22)14-5-7-16(8-6-14)20-11-17(12-20)21-10-15(9-19-21)13(2)3/h5-10,13,17H,4,11-12H2,1-3H3. The van der Waals surface area contributed by atoms with Crippen LogP contribution in [0.2, 0.25) is 0 Å². The van der Waals surface area contributed by atoms with Gasteiger partial charge < -0.3 is 4.90 Å². The summed E-state index contributed by atoms with van der Waals surface area (Å²) in [7, 11) is 0. The highest BCUT2D eigenvalue weighted by molar-refractivity contribution is 5.96. The van der Waals surface area contributed by atoms with Crippen molar-refractivity contribution in [3.8, 4) is 0 Å². The first-order valence-electron chi connectivity index (χ1n) is 8.00. The van der Waals surface area contributed by atoms with Crippen molar-refractivity contribution in [2.45, 2.75) is 39.2 Å². The summed E-state index contributed by atoms with van der Waals surface area (Å²) in [5.41, 5.74) is 3.28. The Kier molecular flexibility index (Phi) is 4.01. The van der Waals surface area contributed by atoms with Crippen LogP contribution in [-0.4, -0.2) is 28.7 Å². The van der Waals surface area contributed by atoms with Crippen molar-refractivity contribution < 1.29 is 4.79 Å². The molecule has 3 rings (SSSR count). The largest absolute Gasteiger partial charge is 0.367 e. The second kappa shape index (κ2) is 5.95. The summed E-state index contributed by atoms with van der Waals surface area (Å²) < 4.78 is 2.08. The summed E-state index contributed by atoms with van der Waals surface area (Å²) in [6.07, 6.45) is 4.69. The first kappa shape index (κ1) is 14.8. The van der Waals surface area contributed by atoms with Gasteiger partial charge in [-0.2, -0.15) is 5.10 Å². The summed E-state index contributed by atoms with van der Waals surface area (Å²) in [4.78, 5) is 14.0. The first-order chi connectivity index (χ1) is 10.6. The molecule has 0 N–H and O–H groups in total. The van der Waals surface area contributed by atoms with E-state index in [4.69, 9.17) is 0 Å². The predicted octanol–water partition coefficient (Wildman–Crippen LogP) is 3.66. The number of ketones is 1. The molecule has 4 nitrogen and oxygen atoms in total. The highest BCUT2D eigenvalue weighted by Crippen LogP contribution is 2.28. The van der Waals surface area contributed by atoms with E-state index < -0.39 is 0 Å². The minimum atomic E-state index is 0.200. The number of carbonyl (C=O) groups is 1. The van der Waals surface area contributed by atoms with E-state index in [9.17, 15) is 4.79 Å². The zero-order chi connectivity index (χ0) is 15.7.